The average Bonchev–Trinajstić information content (AvgIpc) is 2.35. The van der Waals surface area contributed by atoms with Crippen LogP contribution in [0.5, 0.6) is 0 Å². The number of carbonyl (C=O) groups is 1. The number of thioether (sulfide) groups is 1. The maximum atomic E-state index is 12.4. The topological polar surface area (TPSA) is 54.5 Å². The van der Waals surface area contributed by atoms with Gasteiger partial charge in [0.05, 0.1) is 16.3 Å². The van der Waals surface area contributed by atoms with Gasteiger partial charge in [0.25, 0.3) is 5.91 Å². The molecule has 0 aliphatic heterocycles. The second-order valence-electron chi connectivity index (χ2n) is 4.70. The first-order valence-corrected chi connectivity index (χ1v) is 9.60. The Morgan fingerprint density at radius 1 is 1.45 bits per heavy atom. The van der Waals surface area contributed by atoms with Crippen LogP contribution >= 0.6 is 23.4 Å². The van der Waals surface area contributed by atoms with Crippen LogP contribution in [0.4, 0.5) is 0 Å². The molecule has 0 saturated heterocycles. The zero-order chi connectivity index (χ0) is 15.5. The van der Waals surface area contributed by atoms with E-state index in [-0.39, 0.29) is 11.7 Å². The van der Waals surface area contributed by atoms with E-state index in [2.05, 4.69) is 0 Å². The van der Waals surface area contributed by atoms with Gasteiger partial charge >= 0.3 is 0 Å². The molecule has 0 heterocycles. The summed E-state index contributed by atoms with van der Waals surface area (Å²) in [5.41, 5.74) is 0.390. The molecule has 0 saturated carbocycles. The molecule has 0 aromatic heterocycles. The lowest BCUT2D eigenvalue weighted by Crippen LogP contribution is -2.39. The highest BCUT2D eigenvalue weighted by molar-refractivity contribution is 7.98. The van der Waals surface area contributed by atoms with Crippen LogP contribution in [-0.2, 0) is 9.84 Å². The van der Waals surface area contributed by atoms with Gasteiger partial charge < -0.3 is 4.90 Å². The van der Waals surface area contributed by atoms with Gasteiger partial charge in [-0.15, -0.1) is 11.8 Å². The summed E-state index contributed by atoms with van der Waals surface area (Å²) in [7, 11) is -1.55. The van der Waals surface area contributed by atoms with Crippen LogP contribution in [0.3, 0.4) is 0 Å². The van der Waals surface area contributed by atoms with E-state index in [0.717, 1.165) is 11.2 Å². The number of nitrogens with zero attached hydrogens (tertiary/aromatic N) is 1. The highest BCUT2D eigenvalue weighted by atomic mass is 35.5. The van der Waals surface area contributed by atoms with Gasteiger partial charge in [-0.3, -0.25) is 4.79 Å². The van der Waals surface area contributed by atoms with E-state index in [1.807, 2.05) is 12.3 Å². The highest BCUT2D eigenvalue weighted by Gasteiger charge is 2.22. The van der Waals surface area contributed by atoms with Crippen molar-refractivity contribution in [3.8, 4) is 0 Å². The molecule has 0 aliphatic carbocycles. The van der Waals surface area contributed by atoms with Crippen LogP contribution in [0.1, 0.15) is 17.3 Å². The zero-order valence-corrected chi connectivity index (χ0v) is 14.3. The van der Waals surface area contributed by atoms with E-state index in [4.69, 9.17) is 11.6 Å². The van der Waals surface area contributed by atoms with Gasteiger partial charge in [0, 0.05) is 24.2 Å². The summed E-state index contributed by atoms with van der Waals surface area (Å²) in [5.74, 6) is -0.350. The van der Waals surface area contributed by atoms with Crippen molar-refractivity contribution in [2.24, 2.45) is 0 Å². The number of sulfone groups is 1. The Hall–Kier alpha value is -0.720. The van der Waals surface area contributed by atoms with E-state index < -0.39 is 15.9 Å². The molecule has 1 aromatic rings. The molecule has 7 heteroatoms. The third-order valence-corrected chi connectivity index (χ3v) is 5.07. The van der Waals surface area contributed by atoms with Crippen LogP contribution in [0, 0.1) is 0 Å². The fourth-order valence-electron chi connectivity index (χ4n) is 1.74. The summed E-state index contributed by atoms with van der Waals surface area (Å²) in [6.45, 7) is 1.70. The summed E-state index contributed by atoms with van der Waals surface area (Å²) < 4.78 is 22.6. The maximum absolute atomic E-state index is 12.4. The number of halogens is 1. The van der Waals surface area contributed by atoms with Crippen LogP contribution in [0.15, 0.2) is 23.1 Å². The van der Waals surface area contributed by atoms with E-state index in [9.17, 15) is 13.2 Å². The average molecular weight is 336 g/mol. The Morgan fingerprint density at radius 2 is 2.05 bits per heavy atom. The molecule has 112 valence electrons. The van der Waals surface area contributed by atoms with Crippen LogP contribution in [0.2, 0.25) is 5.02 Å². The van der Waals surface area contributed by atoms with E-state index in [0.29, 0.717) is 10.6 Å². The van der Waals surface area contributed by atoms with Gasteiger partial charge in [-0.05, 0) is 31.4 Å². The minimum atomic E-state index is -3.14. The molecule has 0 aliphatic rings. The van der Waals surface area contributed by atoms with Crippen molar-refractivity contribution in [1.29, 1.82) is 0 Å². The molecule has 0 N–H and O–H groups in total. The Morgan fingerprint density at radius 3 is 2.55 bits per heavy atom. The summed E-state index contributed by atoms with van der Waals surface area (Å²) >= 11 is 7.57. The van der Waals surface area contributed by atoms with Crippen molar-refractivity contribution in [1.82, 2.24) is 4.90 Å². The predicted octanol–water partition coefficient (Wildman–Crippen LogP) is 2.57. The molecule has 0 radical (unpaired) electrons. The Labute approximate surface area is 129 Å². The molecule has 0 fully saturated rings. The van der Waals surface area contributed by atoms with E-state index >= 15 is 0 Å². The summed E-state index contributed by atoms with van der Waals surface area (Å²) in [6, 6.07) is 4.82. The van der Waals surface area contributed by atoms with E-state index in [1.165, 1.54) is 16.7 Å². The minimum Gasteiger partial charge on any atom is -0.338 e. The molecule has 20 heavy (non-hydrogen) atoms. The Kier molecular flexibility index (Phi) is 5.91. The number of carbonyl (C=O) groups excluding carboxylic acids is 1. The van der Waals surface area contributed by atoms with Crippen LogP contribution in [-0.4, -0.2) is 50.6 Å². The number of hydrogen-bond acceptors (Lipinski definition) is 4. The fourth-order valence-corrected chi connectivity index (χ4v) is 3.47. The lowest BCUT2D eigenvalue weighted by molar-refractivity contribution is 0.0757. The van der Waals surface area contributed by atoms with Gasteiger partial charge in [-0.2, -0.15) is 0 Å². The van der Waals surface area contributed by atoms with Gasteiger partial charge in [0.15, 0.2) is 0 Å². The largest absolute Gasteiger partial charge is 0.338 e. The fraction of sp³-hybridized carbons (Fsp3) is 0.462. The standard InChI is InChI=1S/C13H18ClNO3S2/c1-9(8-20(4,17)18)15(2)13(16)11-7-10(19-3)5-6-12(11)14/h5-7,9H,8H2,1-4H3/t9-/m1/s1. The van der Waals surface area contributed by atoms with Crippen molar-refractivity contribution in [2.75, 3.05) is 25.3 Å². The van der Waals surface area contributed by atoms with Crippen molar-refractivity contribution in [2.45, 2.75) is 17.9 Å². The Balaban J connectivity index is 2.99. The van der Waals surface area contributed by atoms with Gasteiger partial charge in [0.1, 0.15) is 9.84 Å². The highest BCUT2D eigenvalue weighted by Crippen LogP contribution is 2.24. The van der Waals surface area contributed by atoms with Crippen LogP contribution < -0.4 is 0 Å². The lowest BCUT2D eigenvalue weighted by atomic mass is 10.2. The zero-order valence-electron chi connectivity index (χ0n) is 11.9. The van der Waals surface area contributed by atoms with Crippen molar-refractivity contribution in [3.63, 3.8) is 0 Å². The lowest BCUT2D eigenvalue weighted by Gasteiger charge is -2.25. The first-order valence-electron chi connectivity index (χ1n) is 5.94. The predicted molar refractivity (Wildman–Crippen MR) is 84.5 cm³/mol. The molecule has 0 bridgehead atoms. The Bertz CT molecular complexity index is 602. The summed E-state index contributed by atoms with van der Waals surface area (Å²) in [6.07, 6.45) is 3.07. The molecule has 0 unspecified atom stereocenters. The molecule has 1 amide bonds. The van der Waals surface area contributed by atoms with Gasteiger partial charge in [-0.25, -0.2) is 8.42 Å². The first kappa shape index (κ1) is 17.3. The van der Waals surface area contributed by atoms with Crippen molar-refractivity contribution in [3.05, 3.63) is 28.8 Å². The minimum absolute atomic E-state index is 0.0743. The first-order chi connectivity index (χ1) is 9.15. The quantitative estimate of drug-likeness (QED) is 0.776. The molecule has 0 spiro atoms. The van der Waals surface area contributed by atoms with Gasteiger partial charge in [-0.1, -0.05) is 11.6 Å². The van der Waals surface area contributed by atoms with Crippen molar-refractivity contribution < 1.29 is 13.2 Å². The maximum Gasteiger partial charge on any atom is 0.255 e. The molecule has 1 aromatic carbocycles. The summed E-state index contributed by atoms with van der Waals surface area (Å²) in [5, 5.41) is 0.367. The molecular formula is C13H18ClNO3S2. The second-order valence-corrected chi connectivity index (χ2v) is 8.17. The normalized spacial score (nSPS) is 13.1. The molecular weight excluding hydrogens is 318 g/mol. The number of hydrogen-bond donors (Lipinski definition) is 0. The van der Waals surface area contributed by atoms with E-state index in [1.54, 1.807) is 26.1 Å². The monoisotopic (exact) mass is 335 g/mol. The van der Waals surface area contributed by atoms with Gasteiger partial charge in [0.2, 0.25) is 0 Å². The molecule has 1 rings (SSSR count). The number of benzene rings is 1. The SMILES string of the molecule is CSc1ccc(Cl)c(C(=O)N(C)[C@H](C)CS(C)(=O)=O)c1. The third kappa shape index (κ3) is 4.68. The number of amides is 1. The smallest absolute Gasteiger partial charge is 0.255 e. The number of rotatable bonds is 5. The molecule has 4 nitrogen and oxygen atoms in total. The summed E-state index contributed by atoms with van der Waals surface area (Å²) in [4.78, 5) is 14.7. The van der Waals surface area contributed by atoms with Crippen LogP contribution in [0.25, 0.3) is 0 Å². The van der Waals surface area contributed by atoms with Crippen molar-refractivity contribution >= 4 is 39.1 Å². The second kappa shape index (κ2) is 6.83. The molecule has 1 atom stereocenters. The third-order valence-electron chi connectivity index (χ3n) is 2.93.